The van der Waals surface area contributed by atoms with E-state index in [1.807, 2.05) is 13.8 Å². The molecule has 2 N–H and O–H groups in total. The minimum atomic E-state index is -0.452. The van der Waals surface area contributed by atoms with Gasteiger partial charge in [-0.3, -0.25) is 19.0 Å². The van der Waals surface area contributed by atoms with Crippen molar-refractivity contribution in [1.29, 1.82) is 0 Å². The standard InChI is InChI=1S/C20H21BrN8O3/c1-12-17(21)13(2)29(24-12)11-28-7-6-15(25-28)19(30)23-16-10-27(3)26-18(16)20(31)22-9-14-5-4-8-32-14/h4-8,10H,9,11H2,1-3H3,(H,22,31)(H,23,30). The maximum atomic E-state index is 12.7. The average Bonchev–Trinajstić information content (AvgIpc) is 3.54. The third kappa shape index (κ3) is 4.49. The van der Waals surface area contributed by atoms with Crippen molar-refractivity contribution >= 4 is 33.4 Å². The summed E-state index contributed by atoms with van der Waals surface area (Å²) in [5.74, 6) is -0.274. The third-order valence-electron chi connectivity index (χ3n) is 4.74. The lowest BCUT2D eigenvalue weighted by Crippen LogP contribution is -2.25. The Morgan fingerprint density at radius 2 is 1.97 bits per heavy atom. The molecule has 0 aliphatic rings. The van der Waals surface area contributed by atoms with Gasteiger partial charge in [0.25, 0.3) is 11.8 Å². The van der Waals surface area contributed by atoms with Gasteiger partial charge >= 0.3 is 0 Å². The zero-order valence-corrected chi connectivity index (χ0v) is 19.3. The Morgan fingerprint density at radius 3 is 2.66 bits per heavy atom. The zero-order chi connectivity index (χ0) is 22.8. The van der Waals surface area contributed by atoms with Gasteiger partial charge < -0.3 is 15.1 Å². The molecule has 0 aliphatic heterocycles. The minimum absolute atomic E-state index is 0.0966. The molecule has 0 spiro atoms. The maximum absolute atomic E-state index is 12.7. The normalized spacial score (nSPS) is 11.0. The average molecular weight is 501 g/mol. The molecule has 0 saturated heterocycles. The largest absolute Gasteiger partial charge is 0.467 e. The van der Waals surface area contributed by atoms with Crippen LogP contribution in [0.2, 0.25) is 0 Å². The molecule has 4 aromatic heterocycles. The van der Waals surface area contributed by atoms with Crippen LogP contribution in [0.1, 0.15) is 38.1 Å². The number of aryl methyl sites for hydroxylation is 2. The van der Waals surface area contributed by atoms with Crippen molar-refractivity contribution in [3.8, 4) is 0 Å². The van der Waals surface area contributed by atoms with Crippen molar-refractivity contribution in [2.24, 2.45) is 7.05 Å². The number of carbonyl (C=O) groups is 2. The highest BCUT2D eigenvalue weighted by atomic mass is 79.9. The van der Waals surface area contributed by atoms with Gasteiger partial charge in [0.05, 0.1) is 34.4 Å². The summed E-state index contributed by atoms with van der Waals surface area (Å²) in [4.78, 5) is 25.3. The molecular weight excluding hydrogens is 480 g/mol. The highest BCUT2D eigenvalue weighted by molar-refractivity contribution is 9.10. The molecule has 0 unspecified atom stereocenters. The van der Waals surface area contributed by atoms with E-state index < -0.39 is 11.8 Å². The molecule has 0 saturated carbocycles. The first-order valence-electron chi connectivity index (χ1n) is 9.70. The summed E-state index contributed by atoms with van der Waals surface area (Å²) in [5.41, 5.74) is 2.42. The van der Waals surface area contributed by atoms with Gasteiger partial charge in [0.15, 0.2) is 11.4 Å². The second-order valence-electron chi connectivity index (χ2n) is 7.15. The van der Waals surface area contributed by atoms with E-state index in [9.17, 15) is 9.59 Å². The van der Waals surface area contributed by atoms with Gasteiger partial charge in [-0.2, -0.15) is 15.3 Å². The van der Waals surface area contributed by atoms with Crippen LogP contribution in [0.4, 0.5) is 5.69 Å². The molecule has 32 heavy (non-hydrogen) atoms. The summed E-state index contributed by atoms with van der Waals surface area (Å²) in [5, 5.41) is 18.3. The highest BCUT2D eigenvalue weighted by Crippen LogP contribution is 2.20. The Labute approximate surface area is 191 Å². The van der Waals surface area contributed by atoms with Gasteiger partial charge in [0.1, 0.15) is 12.4 Å². The summed E-state index contributed by atoms with van der Waals surface area (Å²) in [6.07, 6.45) is 4.78. The molecule has 166 valence electrons. The lowest BCUT2D eigenvalue weighted by atomic mass is 10.3. The summed E-state index contributed by atoms with van der Waals surface area (Å²) in [7, 11) is 1.67. The highest BCUT2D eigenvalue weighted by Gasteiger charge is 2.20. The predicted molar refractivity (Wildman–Crippen MR) is 118 cm³/mol. The van der Waals surface area contributed by atoms with Gasteiger partial charge in [-0.15, -0.1) is 0 Å². The number of halogens is 1. The lowest BCUT2D eigenvalue weighted by Gasteiger charge is -2.06. The number of hydrogen-bond acceptors (Lipinski definition) is 6. The topological polar surface area (TPSA) is 125 Å². The Morgan fingerprint density at radius 1 is 1.16 bits per heavy atom. The summed E-state index contributed by atoms with van der Waals surface area (Å²) < 4.78 is 11.0. The van der Waals surface area contributed by atoms with Gasteiger partial charge in [0.2, 0.25) is 0 Å². The van der Waals surface area contributed by atoms with Gasteiger partial charge in [-0.05, 0) is 48.0 Å². The second-order valence-corrected chi connectivity index (χ2v) is 7.94. The Balaban J connectivity index is 1.44. The summed E-state index contributed by atoms with van der Waals surface area (Å²) in [6.45, 7) is 4.43. The fourth-order valence-corrected chi connectivity index (χ4v) is 3.39. The number of carbonyl (C=O) groups excluding carboxylic acids is 2. The van der Waals surface area contributed by atoms with Crippen molar-refractivity contribution in [2.45, 2.75) is 27.1 Å². The van der Waals surface area contributed by atoms with Crippen molar-refractivity contribution in [2.75, 3.05) is 5.32 Å². The van der Waals surface area contributed by atoms with Crippen LogP contribution in [0.15, 0.2) is 45.7 Å². The van der Waals surface area contributed by atoms with Crippen LogP contribution < -0.4 is 10.6 Å². The third-order valence-corrected chi connectivity index (χ3v) is 5.89. The molecule has 0 bridgehead atoms. The lowest BCUT2D eigenvalue weighted by molar-refractivity contribution is 0.0943. The number of nitrogens with one attached hydrogen (secondary N) is 2. The molecule has 12 heteroatoms. The molecule has 0 radical (unpaired) electrons. The van der Waals surface area contributed by atoms with E-state index in [4.69, 9.17) is 4.42 Å². The molecule has 4 aromatic rings. The Hall–Kier alpha value is -3.67. The van der Waals surface area contributed by atoms with E-state index in [-0.39, 0.29) is 23.6 Å². The molecule has 2 amide bonds. The Kier molecular flexibility index (Phi) is 5.95. The van der Waals surface area contributed by atoms with E-state index in [2.05, 4.69) is 41.9 Å². The number of rotatable bonds is 7. The van der Waals surface area contributed by atoms with Crippen LogP contribution in [-0.4, -0.2) is 41.2 Å². The molecule has 0 aliphatic carbocycles. The van der Waals surface area contributed by atoms with Crippen LogP contribution in [-0.2, 0) is 20.3 Å². The monoisotopic (exact) mass is 500 g/mol. The van der Waals surface area contributed by atoms with E-state index in [0.717, 1.165) is 15.9 Å². The van der Waals surface area contributed by atoms with Crippen LogP contribution in [0.3, 0.4) is 0 Å². The minimum Gasteiger partial charge on any atom is -0.467 e. The maximum Gasteiger partial charge on any atom is 0.276 e. The summed E-state index contributed by atoms with van der Waals surface area (Å²) in [6, 6.07) is 5.09. The van der Waals surface area contributed by atoms with Crippen molar-refractivity contribution in [1.82, 2.24) is 34.7 Å². The molecule has 0 aromatic carbocycles. The van der Waals surface area contributed by atoms with E-state index in [0.29, 0.717) is 12.4 Å². The Bertz CT molecular complexity index is 1270. The predicted octanol–water partition coefficient (Wildman–Crippen LogP) is 2.47. The molecule has 4 heterocycles. The first-order chi connectivity index (χ1) is 15.3. The first kappa shape index (κ1) is 21.6. The van der Waals surface area contributed by atoms with Crippen LogP contribution in [0.25, 0.3) is 0 Å². The number of hydrogen-bond donors (Lipinski definition) is 2. The summed E-state index contributed by atoms with van der Waals surface area (Å²) >= 11 is 3.50. The number of furan rings is 1. The SMILES string of the molecule is Cc1nn(Cn2ccc(C(=O)Nc3cn(C)nc3C(=O)NCc3ccco3)n2)c(C)c1Br. The van der Waals surface area contributed by atoms with Crippen LogP contribution in [0.5, 0.6) is 0 Å². The van der Waals surface area contributed by atoms with Gasteiger partial charge in [-0.25, -0.2) is 4.68 Å². The van der Waals surface area contributed by atoms with Crippen molar-refractivity contribution < 1.29 is 14.0 Å². The molecular formula is C20H21BrN8O3. The number of anilines is 1. The first-order valence-corrected chi connectivity index (χ1v) is 10.5. The second kappa shape index (κ2) is 8.83. The number of amides is 2. The van der Waals surface area contributed by atoms with Gasteiger partial charge in [0, 0.05) is 19.4 Å². The quantitative estimate of drug-likeness (QED) is 0.401. The molecule has 11 nitrogen and oxygen atoms in total. The molecule has 4 rings (SSSR count). The smallest absolute Gasteiger partial charge is 0.276 e. The molecule has 0 atom stereocenters. The van der Waals surface area contributed by atoms with E-state index in [1.54, 1.807) is 47.0 Å². The number of aromatic nitrogens is 6. The molecule has 0 fully saturated rings. The van der Waals surface area contributed by atoms with Crippen LogP contribution >= 0.6 is 15.9 Å². The zero-order valence-electron chi connectivity index (χ0n) is 17.7. The van der Waals surface area contributed by atoms with Crippen molar-refractivity contribution in [3.63, 3.8) is 0 Å². The number of nitrogens with zero attached hydrogens (tertiary/aromatic N) is 6. The fraction of sp³-hybridized carbons (Fsp3) is 0.250. The fourth-order valence-electron chi connectivity index (χ4n) is 3.11. The van der Waals surface area contributed by atoms with E-state index in [1.165, 1.54) is 10.9 Å². The van der Waals surface area contributed by atoms with Crippen molar-refractivity contribution in [3.05, 3.63) is 69.9 Å². The van der Waals surface area contributed by atoms with E-state index >= 15 is 0 Å². The van der Waals surface area contributed by atoms with Crippen LogP contribution in [0, 0.1) is 13.8 Å². The van der Waals surface area contributed by atoms with Gasteiger partial charge in [-0.1, -0.05) is 0 Å².